The van der Waals surface area contributed by atoms with Crippen LogP contribution in [0.4, 0.5) is 5.82 Å². The highest BCUT2D eigenvalue weighted by Gasteiger charge is 2.24. The highest BCUT2D eigenvalue weighted by molar-refractivity contribution is 7.92. The van der Waals surface area contributed by atoms with Gasteiger partial charge in [0.15, 0.2) is 5.75 Å². The second kappa shape index (κ2) is 4.10. The first-order chi connectivity index (χ1) is 7.44. The van der Waals surface area contributed by atoms with Crippen molar-refractivity contribution >= 4 is 27.4 Å². The Balaban J connectivity index is 2.14. The molecule has 0 amide bonds. The van der Waals surface area contributed by atoms with Gasteiger partial charge in [-0.1, -0.05) is 11.6 Å². The number of anilines is 1. The Bertz CT molecular complexity index is 499. The average molecular weight is 263 g/mol. The lowest BCUT2D eigenvalue weighted by atomic mass is 10.4. The number of sulfonamides is 1. The maximum absolute atomic E-state index is 11.0. The third kappa shape index (κ3) is 3.24. The van der Waals surface area contributed by atoms with Crippen LogP contribution in [-0.4, -0.2) is 25.8 Å². The quantitative estimate of drug-likeness (QED) is 0.896. The van der Waals surface area contributed by atoms with Crippen molar-refractivity contribution in [3.63, 3.8) is 0 Å². The third-order valence-corrected chi connectivity index (χ3v) is 2.80. The van der Waals surface area contributed by atoms with E-state index < -0.39 is 10.0 Å². The van der Waals surface area contributed by atoms with Gasteiger partial charge in [0.25, 0.3) is 0 Å². The van der Waals surface area contributed by atoms with E-state index in [2.05, 4.69) is 9.71 Å². The molecule has 1 aliphatic rings. The first-order valence-corrected chi connectivity index (χ1v) is 7.01. The summed E-state index contributed by atoms with van der Waals surface area (Å²) in [6.07, 6.45) is 4.76. The molecular formula is C9H11ClN2O3S. The zero-order chi connectivity index (χ0) is 11.8. The summed E-state index contributed by atoms with van der Waals surface area (Å²) in [6, 6.07) is 1.43. The van der Waals surface area contributed by atoms with Gasteiger partial charge in [0, 0.05) is 6.07 Å². The zero-order valence-electron chi connectivity index (χ0n) is 8.60. The van der Waals surface area contributed by atoms with Crippen LogP contribution in [0.1, 0.15) is 12.8 Å². The molecule has 0 radical (unpaired) electrons. The van der Waals surface area contributed by atoms with Crippen molar-refractivity contribution in [1.82, 2.24) is 4.98 Å². The molecule has 2 rings (SSSR count). The molecule has 88 valence electrons. The fourth-order valence-electron chi connectivity index (χ4n) is 1.12. The summed E-state index contributed by atoms with van der Waals surface area (Å²) < 4.78 is 29.6. The van der Waals surface area contributed by atoms with Crippen molar-refractivity contribution in [3.05, 3.63) is 17.3 Å². The predicted octanol–water partition coefficient (Wildman–Crippen LogP) is 1.65. The Labute approximate surface area is 98.8 Å². The number of hydrogen-bond acceptors (Lipinski definition) is 4. The number of pyridine rings is 1. The molecule has 1 fully saturated rings. The van der Waals surface area contributed by atoms with E-state index in [0.717, 1.165) is 19.1 Å². The van der Waals surface area contributed by atoms with Gasteiger partial charge >= 0.3 is 0 Å². The maximum Gasteiger partial charge on any atom is 0.230 e. The van der Waals surface area contributed by atoms with Crippen LogP contribution < -0.4 is 9.46 Å². The van der Waals surface area contributed by atoms with E-state index in [1.165, 1.54) is 12.3 Å². The van der Waals surface area contributed by atoms with Gasteiger partial charge in [0.1, 0.15) is 5.82 Å². The molecule has 1 aromatic heterocycles. The maximum atomic E-state index is 11.0. The van der Waals surface area contributed by atoms with E-state index in [0.29, 0.717) is 10.8 Å². The molecule has 1 aliphatic carbocycles. The third-order valence-electron chi connectivity index (χ3n) is 1.93. The highest BCUT2D eigenvalue weighted by Crippen LogP contribution is 2.32. The Morgan fingerprint density at radius 2 is 2.25 bits per heavy atom. The predicted molar refractivity (Wildman–Crippen MR) is 61.4 cm³/mol. The van der Waals surface area contributed by atoms with Crippen LogP contribution in [0.5, 0.6) is 5.75 Å². The van der Waals surface area contributed by atoms with Crippen molar-refractivity contribution in [2.24, 2.45) is 0 Å². The summed E-state index contributed by atoms with van der Waals surface area (Å²) in [7, 11) is -3.33. The van der Waals surface area contributed by atoms with Crippen LogP contribution in [0.25, 0.3) is 0 Å². The number of aromatic nitrogens is 1. The minimum Gasteiger partial charge on any atom is -0.487 e. The summed E-state index contributed by atoms with van der Waals surface area (Å²) >= 11 is 5.93. The van der Waals surface area contributed by atoms with E-state index in [9.17, 15) is 8.42 Å². The summed E-state index contributed by atoms with van der Waals surface area (Å²) in [6.45, 7) is 0. The van der Waals surface area contributed by atoms with Crippen molar-refractivity contribution in [1.29, 1.82) is 0 Å². The van der Waals surface area contributed by atoms with Gasteiger partial charge in [-0.2, -0.15) is 0 Å². The molecule has 0 aliphatic heterocycles. The van der Waals surface area contributed by atoms with Crippen LogP contribution in [0.2, 0.25) is 5.02 Å². The molecule has 16 heavy (non-hydrogen) atoms. The molecule has 7 heteroatoms. The molecule has 1 N–H and O–H groups in total. The van der Waals surface area contributed by atoms with Crippen LogP contribution >= 0.6 is 11.6 Å². The van der Waals surface area contributed by atoms with E-state index in [-0.39, 0.29) is 11.9 Å². The Morgan fingerprint density at radius 3 is 2.75 bits per heavy atom. The first-order valence-electron chi connectivity index (χ1n) is 4.74. The largest absolute Gasteiger partial charge is 0.487 e. The van der Waals surface area contributed by atoms with E-state index in [1.54, 1.807) is 0 Å². The number of rotatable bonds is 4. The fraction of sp³-hybridized carbons (Fsp3) is 0.444. The fourth-order valence-corrected chi connectivity index (χ4v) is 1.80. The molecule has 5 nitrogen and oxygen atoms in total. The molecule has 1 saturated carbocycles. The van der Waals surface area contributed by atoms with Crippen LogP contribution in [0.3, 0.4) is 0 Å². The molecule has 1 aromatic rings. The highest BCUT2D eigenvalue weighted by atomic mass is 35.5. The average Bonchev–Trinajstić information content (AvgIpc) is 2.90. The molecule has 0 saturated heterocycles. The summed E-state index contributed by atoms with van der Waals surface area (Å²) in [5.74, 6) is 0.680. The summed E-state index contributed by atoms with van der Waals surface area (Å²) in [4.78, 5) is 3.91. The van der Waals surface area contributed by atoms with Crippen LogP contribution in [0.15, 0.2) is 12.3 Å². The lowest BCUT2D eigenvalue weighted by molar-refractivity contribution is 0.302. The Kier molecular flexibility index (Phi) is 2.94. The molecule has 1 heterocycles. The smallest absolute Gasteiger partial charge is 0.230 e. The summed E-state index contributed by atoms with van der Waals surface area (Å²) in [5.41, 5.74) is 0. The van der Waals surface area contributed by atoms with Gasteiger partial charge in [-0.25, -0.2) is 13.4 Å². The van der Waals surface area contributed by atoms with Crippen LogP contribution in [-0.2, 0) is 10.0 Å². The molecule has 0 bridgehead atoms. The van der Waals surface area contributed by atoms with E-state index in [4.69, 9.17) is 16.3 Å². The lowest BCUT2D eigenvalue weighted by Crippen LogP contribution is -2.11. The van der Waals surface area contributed by atoms with Gasteiger partial charge in [0.2, 0.25) is 10.0 Å². The second-order valence-electron chi connectivity index (χ2n) is 3.69. The van der Waals surface area contributed by atoms with E-state index >= 15 is 0 Å². The summed E-state index contributed by atoms with van der Waals surface area (Å²) in [5, 5.41) is 0.355. The Morgan fingerprint density at radius 1 is 1.56 bits per heavy atom. The van der Waals surface area contributed by atoms with Crippen molar-refractivity contribution in [2.45, 2.75) is 18.9 Å². The second-order valence-corrected chi connectivity index (χ2v) is 5.85. The number of nitrogens with one attached hydrogen (secondary N) is 1. The van der Waals surface area contributed by atoms with Gasteiger partial charge in [-0.15, -0.1) is 0 Å². The van der Waals surface area contributed by atoms with Gasteiger partial charge in [-0.3, -0.25) is 4.72 Å². The standard InChI is InChI=1S/C9H11ClN2O3S/c1-16(13,14)12-9-4-7(10)8(5-11-9)15-6-2-3-6/h4-6H,2-3H2,1H3,(H,11,12). The lowest BCUT2D eigenvalue weighted by Gasteiger charge is -2.08. The molecule has 0 spiro atoms. The van der Waals surface area contributed by atoms with Crippen LogP contribution in [0, 0.1) is 0 Å². The molecule has 0 unspecified atom stereocenters. The monoisotopic (exact) mass is 262 g/mol. The molecule has 0 atom stereocenters. The van der Waals surface area contributed by atoms with Crippen molar-refractivity contribution in [3.8, 4) is 5.75 Å². The minimum absolute atomic E-state index is 0.190. The Hall–Kier alpha value is -1.01. The van der Waals surface area contributed by atoms with Gasteiger partial charge in [0.05, 0.1) is 23.6 Å². The zero-order valence-corrected chi connectivity index (χ0v) is 10.2. The normalized spacial score (nSPS) is 15.9. The number of ether oxygens (including phenoxy) is 1. The van der Waals surface area contributed by atoms with Gasteiger partial charge in [-0.05, 0) is 12.8 Å². The SMILES string of the molecule is CS(=O)(=O)Nc1cc(Cl)c(OC2CC2)cn1. The van der Waals surface area contributed by atoms with Gasteiger partial charge < -0.3 is 4.74 Å². The topological polar surface area (TPSA) is 68.3 Å². The first kappa shape index (κ1) is 11.5. The van der Waals surface area contributed by atoms with Crippen molar-refractivity contribution < 1.29 is 13.2 Å². The number of halogens is 1. The molecular weight excluding hydrogens is 252 g/mol. The number of hydrogen-bond donors (Lipinski definition) is 1. The van der Waals surface area contributed by atoms with E-state index in [1.807, 2.05) is 0 Å². The number of nitrogens with zero attached hydrogens (tertiary/aromatic N) is 1. The minimum atomic E-state index is -3.33. The molecule has 0 aromatic carbocycles. The van der Waals surface area contributed by atoms with Crippen molar-refractivity contribution in [2.75, 3.05) is 11.0 Å².